The van der Waals surface area contributed by atoms with Crippen LogP contribution < -0.4 is 5.32 Å². The molecule has 0 radical (unpaired) electrons. The largest absolute Gasteiger partial charge is 0.478 e. The van der Waals surface area contributed by atoms with Crippen LogP contribution in [0, 0.1) is 0 Å². The lowest BCUT2D eigenvalue weighted by atomic mass is 10.1. The molecular weight excluding hydrogens is 473 g/mol. The Morgan fingerprint density at radius 2 is 1.83 bits per heavy atom. The van der Waals surface area contributed by atoms with Gasteiger partial charge in [0.15, 0.2) is 0 Å². The highest BCUT2D eigenvalue weighted by Gasteiger charge is 2.17. The zero-order valence-electron chi connectivity index (χ0n) is 11.4. The molecule has 0 aromatic heterocycles. The summed E-state index contributed by atoms with van der Waals surface area (Å²) in [6.07, 6.45) is -0.00242. The number of carboxylic acid groups (broad SMARTS) is 1. The third-order valence-electron chi connectivity index (χ3n) is 2.92. The molecule has 0 aliphatic carbocycles. The molecule has 1 amide bonds. The predicted octanol–water partition coefficient (Wildman–Crippen LogP) is 5.40. The van der Waals surface area contributed by atoms with Crippen LogP contribution in [-0.2, 0) is 11.2 Å². The van der Waals surface area contributed by atoms with Crippen LogP contribution in [0.15, 0.2) is 39.3 Å². The normalized spacial score (nSPS) is 10.4. The second-order valence-electron chi connectivity index (χ2n) is 4.58. The van der Waals surface area contributed by atoms with Gasteiger partial charge < -0.3 is 10.4 Å². The summed E-state index contributed by atoms with van der Waals surface area (Å²) < 4.78 is 1.04. The van der Waals surface area contributed by atoms with Gasteiger partial charge in [-0.05, 0) is 45.8 Å². The average molecular weight is 482 g/mol. The van der Waals surface area contributed by atoms with E-state index in [1.165, 1.54) is 6.07 Å². The zero-order valence-corrected chi connectivity index (χ0v) is 16.1. The van der Waals surface area contributed by atoms with Crippen molar-refractivity contribution >= 4 is 72.6 Å². The molecule has 0 spiro atoms. The predicted molar refractivity (Wildman–Crippen MR) is 97.6 cm³/mol. The molecule has 2 rings (SSSR count). The van der Waals surface area contributed by atoms with Gasteiger partial charge in [-0.15, -0.1) is 0 Å². The Morgan fingerprint density at radius 1 is 1.13 bits per heavy atom. The first-order valence-corrected chi connectivity index (χ1v) is 8.58. The smallest absolute Gasteiger partial charge is 0.337 e. The number of amides is 1. The van der Waals surface area contributed by atoms with Gasteiger partial charge in [-0.1, -0.05) is 45.2 Å². The Hall–Kier alpha value is -1.08. The van der Waals surface area contributed by atoms with Gasteiger partial charge in [0, 0.05) is 19.0 Å². The van der Waals surface area contributed by atoms with Crippen LogP contribution in [0.1, 0.15) is 15.9 Å². The van der Waals surface area contributed by atoms with Crippen LogP contribution in [-0.4, -0.2) is 17.0 Å². The maximum absolute atomic E-state index is 12.2. The number of anilines is 1. The van der Waals surface area contributed by atoms with E-state index in [1.54, 1.807) is 24.3 Å². The fourth-order valence-electron chi connectivity index (χ4n) is 1.89. The number of aromatic carboxylic acids is 1. The van der Waals surface area contributed by atoms with Crippen molar-refractivity contribution in [3.63, 3.8) is 0 Å². The Labute approximate surface area is 159 Å². The second kappa shape index (κ2) is 7.66. The molecule has 120 valence electrons. The molecule has 0 bridgehead atoms. The van der Waals surface area contributed by atoms with Crippen molar-refractivity contribution in [2.24, 2.45) is 0 Å². The minimum atomic E-state index is -1.15. The first kappa shape index (κ1) is 18.3. The Morgan fingerprint density at radius 3 is 2.43 bits per heavy atom. The van der Waals surface area contributed by atoms with Crippen molar-refractivity contribution < 1.29 is 14.7 Å². The van der Waals surface area contributed by atoms with E-state index < -0.39 is 5.97 Å². The van der Waals surface area contributed by atoms with Crippen LogP contribution >= 0.6 is 55.1 Å². The minimum Gasteiger partial charge on any atom is -0.478 e. The summed E-state index contributed by atoms with van der Waals surface area (Å²) in [6.45, 7) is 0. The van der Waals surface area contributed by atoms with E-state index >= 15 is 0 Å². The molecule has 0 aliphatic heterocycles. The van der Waals surface area contributed by atoms with Crippen LogP contribution in [0.25, 0.3) is 0 Å². The highest BCUT2D eigenvalue weighted by molar-refractivity contribution is 9.11. The summed E-state index contributed by atoms with van der Waals surface area (Å²) >= 11 is 18.3. The van der Waals surface area contributed by atoms with Gasteiger partial charge in [0.2, 0.25) is 5.91 Å². The number of halogens is 4. The Balaban J connectivity index is 2.25. The number of nitrogens with one attached hydrogen (secondary N) is 1. The fraction of sp³-hybridized carbons (Fsp3) is 0.0667. The highest BCUT2D eigenvalue weighted by atomic mass is 79.9. The summed E-state index contributed by atoms with van der Waals surface area (Å²) in [5.41, 5.74) is 0.760. The van der Waals surface area contributed by atoms with E-state index in [2.05, 4.69) is 37.2 Å². The van der Waals surface area contributed by atoms with Gasteiger partial charge in [-0.3, -0.25) is 4.79 Å². The van der Waals surface area contributed by atoms with Gasteiger partial charge in [0.1, 0.15) is 0 Å². The molecule has 0 saturated carbocycles. The van der Waals surface area contributed by atoms with E-state index in [1.807, 2.05) is 0 Å². The molecule has 2 aromatic rings. The fourth-order valence-corrected chi connectivity index (χ4v) is 3.69. The van der Waals surface area contributed by atoms with E-state index in [-0.39, 0.29) is 23.6 Å². The third kappa shape index (κ3) is 4.70. The van der Waals surface area contributed by atoms with Crippen LogP contribution in [0.4, 0.5) is 5.69 Å². The standard InChI is InChI=1S/C15H9Br2Cl2NO3/c16-8-4-10(15(22)23)14(11(17)5-8)20-13(21)3-7-1-2-9(18)6-12(7)19/h1-2,4-6H,3H2,(H,20,21)(H,22,23). The lowest BCUT2D eigenvalue weighted by Crippen LogP contribution is -2.17. The van der Waals surface area contributed by atoms with Crippen molar-refractivity contribution in [1.82, 2.24) is 0 Å². The van der Waals surface area contributed by atoms with Gasteiger partial charge in [0.25, 0.3) is 0 Å². The van der Waals surface area contributed by atoms with Crippen molar-refractivity contribution in [2.45, 2.75) is 6.42 Å². The van der Waals surface area contributed by atoms with Crippen molar-refractivity contribution in [3.05, 3.63) is 60.4 Å². The van der Waals surface area contributed by atoms with E-state index in [9.17, 15) is 14.7 Å². The third-order valence-corrected chi connectivity index (χ3v) is 4.59. The quantitative estimate of drug-likeness (QED) is 0.614. The monoisotopic (exact) mass is 479 g/mol. The summed E-state index contributed by atoms with van der Waals surface area (Å²) in [7, 11) is 0. The molecular formula is C15H9Br2Cl2NO3. The average Bonchev–Trinajstić information content (AvgIpc) is 2.44. The molecule has 0 heterocycles. The molecule has 4 nitrogen and oxygen atoms in total. The van der Waals surface area contributed by atoms with Gasteiger partial charge in [-0.25, -0.2) is 4.79 Å². The van der Waals surface area contributed by atoms with Crippen LogP contribution in [0.5, 0.6) is 0 Å². The lowest BCUT2D eigenvalue weighted by Gasteiger charge is -2.12. The second-order valence-corrected chi connectivity index (χ2v) is 7.19. The molecule has 0 unspecified atom stereocenters. The molecule has 2 N–H and O–H groups in total. The number of carboxylic acids is 1. The van der Waals surface area contributed by atoms with E-state index in [4.69, 9.17) is 23.2 Å². The molecule has 0 atom stereocenters. The number of hydrogen-bond acceptors (Lipinski definition) is 2. The van der Waals surface area contributed by atoms with E-state index in [0.29, 0.717) is 24.6 Å². The first-order chi connectivity index (χ1) is 10.8. The number of hydrogen-bond donors (Lipinski definition) is 2. The molecule has 23 heavy (non-hydrogen) atoms. The lowest BCUT2D eigenvalue weighted by molar-refractivity contribution is -0.115. The zero-order chi connectivity index (χ0) is 17.1. The summed E-state index contributed by atoms with van der Waals surface area (Å²) in [5.74, 6) is -1.54. The Kier molecular flexibility index (Phi) is 6.08. The molecule has 2 aromatic carbocycles. The number of carbonyl (C=O) groups is 2. The van der Waals surface area contributed by atoms with Crippen LogP contribution in [0.3, 0.4) is 0 Å². The number of benzene rings is 2. The van der Waals surface area contributed by atoms with Gasteiger partial charge >= 0.3 is 5.97 Å². The van der Waals surface area contributed by atoms with Crippen LogP contribution in [0.2, 0.25) is 10.0 Å². The number of carbonyl (C=O) groups excluding carboxylic acids is 1. The SMILES string of the molecule is O=C(Cc1ccc(Cl)cc1Cl)Nc1c(Br)cc(Br)cc1C(=O)O. The molecule has 0 fully saturated rings. The van der Waals surface area contributed by atoms with Crippen molar-refractivity contribution in [3.8, 4) is 0 Å². The minimum absolute atomic E-state index is 0.00242. The molecule has 0 saturated heterocycles. The first-order valence-electron chi connectivity index (χ1n) is 6.24. The maximum Gasteiger partial charge on any atom is 0.337 e. The summed E-state index contributed by atoms with van der Waals surface area (Å²) in [4.78, 5) is 23.5. The number of rotatable bonds is 4. The topological polar surface area (TPSA) is 66.4 Å². The molecule has 8 heteroatoms. The maximum atomic E-state index is 12.2. The van der Waals surface area contributed by atoms with Crippen molar-refractivity contribution in [1.29, 1.82) is 0 Å². The summed E-state index contributed by atoms with van der Waals surface area (Å²) in [5, 5.41) is 12.7. The summed E-state index contributed by atoms with van der Waals surface area (Å²) in [6, 6.07) is 7.90. The van der Waals surface area contributed by atoms with Gasteiger partial charge in [-0.2, -0.15) is 0 Å². The van der Waals surface area contributed by atoms with Gasteiger partial charge in [0.05, 0.1) is 17.7 Å². The Bertz CT molecular complexity index is 797. The van der Waals surface area contributed by atoms with Crippen molar-refractivity contribution in [2.75, 3.05) is 5.32 Å². The highest BCUT2D eigenvalue weighted by Crippen LogP contribution is 2.31. The van der Waals surface area contributed by atoms with E-state index in [0.717, 1.165) is 0 Å². The molecule has 0 aliphatic rings.